The highest BCUT2D eigenvalue weighted by Crippen LogP contribution is 2.39. The molecule has 2 rings (SSSR count). The van der Waals surface area contributed by atoms with Gasteiger partial charge in [0.05, 0.1) is 0 Å². The third-order valence-corrected chi connectivity index (χ3v) is 5.56. The second-order valence-electron chi connectivity index (χ2n) is 3.31. The molecule has 2 nitrogen and oxygen atoms in total. The fraction of sp³-hybridized carbons (Fsp3) is 0. The Kier molecular flexibility index (Phi) is 3.64. The summed E-state index contributed by atoms with van der Waals surface area (Å²) < 4.78 is 48.7. The molecule has 0 radical (unpaired) electrons. The topological polar surface area (TPSA) is 34.1 Å². The van der Waals surface area contributed by atoms with Crippen molar-refractivity contribution < 1.29 is 17.2 Å². The van der Waals surface area contributed by atoms with Crippen LogP contribution >= 0.6 is 33.6 Å². The van der Waals surface area contributed by atoms with Crippen molar-refractivity contribution in [1.29, 1.82) is 0 Å². The standard InChI is InChI=1S/C10H4Cl2F2O2S2/c11-10-7(4-9(17-10)18(12,15)16)6-3-5(13)1-2-8(6)14/h1-4H. The summed E-state index contributed by atoms with van der Waals surface area (Å²) in [5, 5.41) is 0. The summed E-state index contributed by atoms with van der Waals surface area (Å²) in [7, 11) is 1.21. The van der Waals surface area contributed by atoms with Crippen molar-refractivity contribution in [2.24, 2.45) is 0 Å². The van der Waals surface area contributed by atoms with E-state index in [-0.39, 0.29) is 19.7 Å². The molecular weight excluding hydrogens is 325 g/mol. The maximum absolute atomic E-state index is 13.5. The molecule has 1 heterocycles. The minimum Gasteiger partial charge on any atom is -0.207 e. The Balaban J connectivity index is 2.65. The lowest BCUT2D eigenvalue weighted by Crippen LogP contribution is -1.86. The Labute approximate surface area is 115 Å². The Morgan fingerprint density at radius 3 is 2.33 bits per heavy atom. The molecule has 0 amide bonds. The van der Waals surface area contributed by atoms with Crippen LogP contribution in [-0.4, -0.2) is 8.42 Å². The van der Waals surface area contributed by atoms with E-state index in [1.807, 2.05) is 0 Å². The van der Waals surface area contributed by atoms with E-state index >= 15 is 0 Å². The van der Waals surface area contributed by atoms with Gasteiger partial charge in [-0.05, 0) is 24.3 Å². The van der Waals surface area contributed by atoms with Gasteiger partial charge in [0, 0.05) is 21.8 Å². The molecule has 1 aromatic carbocycles. The molecule has 0 aliphatic rings. The fourth-order valence-electron chi connectivity index (χ4n) is 1.36. The molecule has 0 spiro atoms. The Morgan fingerprint density at radius 1 is 1.11 bits per heavy atom. The maximum Gasteiger partial charge on any atom is 0.270 e. The molecule has 0 unspecified atom stereocenters. The van der Waals surface area contributed by atoms with Crippen molar-refractivity contribution in [2.75, 3.05) is 0 Å². The summed E-state index contributed by atoms with van der Waals surface area (Å²) in [5.74, 6) is -1.35. The molecule has 8 heteroatoms. The number of hydrogen-bond donors (Lipinski definition) is 0. The van der Waals surface area contributed by atoms with E-state index < -0.39 is 20.7 Å². The third-order valence-electron chi connectivity index (χ3n) is 2.12. The highest BCUT2D eigenvalue weighted by Gasteiger charge is 2.20. The van der Waals surface area contributed by atoms with Crippen molar-refractivity contribution in [2.45, 2.75) is 4.21 Å². The van der Waals surface area contributed by atoms with Gasteiger partial charge < -0.3 is 0 Å². The first-order valence-corrected chi connectivity index (χ1v) is 7.99. The van der Waals surface area contributed by atoms with Gasteiger partial charge in [-0.3, -0.25) is 0 Å². The first kappa shape index (κ1) is 13.7. The van der Waals surface area contributed by atoms with Gasteiger partial charge in [0.2, 0.25) is 0 Å². The number of hydrogen-bond acceptors (Lipinski definition) is 3. The van der Waals surface area contributed by atoms with Crippen LogP contribution in [0.5, 0.6) is 0 Å². The zero-order chi connectivity index (χ0) is 13.5. The van der Waals surface area contributed by atoms with E-state index in [1.165, 1.54) is 0 Å². The largest absolute Gasteiger partial charge is 0.270 e. The van der Waals surface area contributed by atoms with Gasteiger partial charge in [-0.1, -0.05) is 11.6 Å². The van der Waals surface area contributed by atoms with E-state index in [2.05, 4.69) is 0 Å². The lowest BCUT2D eigenvalue weighted by molar-refractivity contribution is 0.603. The predicted octanol–water partition coefficient (Wildman–Crippen LogP) is 4.27. The summed E-state index contributed by atoms with van der Waals surface area (Å²) in [4.78, 5) is 0. The minimum atomic E-state index is -3.95. The van der Waals surface area contributed by atoms with E-state index in [1.54, 1.807) is 0 Å². The van der Waals surface area contributed by atoms with Crippen molar-refractivity contribution in [3.63, 3.8) is 0 Å². The average Bonchev–Trinajstić information content (AvgIpc) is 2.64. The van der Waals surface area contributed by atoms with Crippen LogP contribution in [0.1, 0.15) is 0 Å². The highest BCUT2D eigenvalue weighted by atomic mass is 35.7. The summed E-state index contributed by atoms with van der Waals surface area (Å²) in [6.45, 7) is 0. The minimum absolute atomic E-state index is 0.0266. The van der Waals surface area contributed by atoms with Crippen LogP contribution in [-0.2, 0) is 9.05 Å². The second kappa shape index (κ2) is 4.77. The molecule has 0 N–H and O–H groups in total. The van der Waals surface area contributed by atoms with Gasteiger partial charge in [-0.2, -0.15) is 0 Å². The molecule has 0 aliphatic heterocycles. The smallest absolute Gasteiger partial charge is 0.207 e. The van der Waals surface area contributed by atoms with Gasteiger partial charge in [0.1, 0.15) is 20.2 Å². The second-order valence-corrected chi connectivity index (χ2v) is 7.76. The maximum atomic E-state index is 13.5. The third kappa shape index (κ3) is 2.66. The zero-order valence-corrected chi connectivity index (χ0v) is 11.6. The molecule has 2 aromatic rings. The molecule has 18 heavy (non-hydrogen) atoms. The van der Waals surface area contributed by atoms with E-state index in [0.717, 1.165) is 24.3 Å². The Hall–Kier alpha value is -0.690. The monoisotopic (exact) mass is 328 g/mol. The quantitative estimate of drug-likeness (QED) is 0.771. The van der Waals surface area contributed by atoms with E-state index in [0.29, 0.717) is 11.3 Å². The van der Waals surface area contributed by atoms with Gasteiger partial charge in [-0.25, -0.2) is 17.2 Å². The molecule has 96 valence electrons. The summed E-state index contributed by atoms with van der Waals surface area (Å²) in [5.41, 5.74) is -0.0132. The van der Waals surface area contributed by atoms with E-state index in [4.69, 9.17) is 22.3 Å². The highest BCUT2D eigenvalue weighted by molar-refractivity contribution is 8.15. The number of rotatable bonds is 2. The van der Waals surface area contributed by atoms with Gasteiger partial charge in [0.15, 0.2) is 0 Å². The zero-order valence-electron chi connectivity index (χ0n) is 8.45. The van der Waals surface area contributed by atoms with Crippen LogP contribution in [0.4, 0.5) is 8.78 Å². The molecule has 0 saturated carbocycles. The lowest BCUT2D eigenvalue weighted by atomic mass is 10.1. The van der Waals surface area contributed by atoms with Crippen LogP contribution in [0.2, 0.25) is 4.34 Å². The SMILES string of the molecule is O=S(=O)(Cl)c1cc(-c2cc(F)ccc2F)c(Cl)s1. The summed E-state index contributed by atoms with van der Waals surface area (Å²) in [6.07, 6.45) is 0. The van der Waals surface area contributed by atoms with Crippen LogP contribution in [0.3, 0.4) is 0 Å². The van der Waals surface area contributed by atoms with Crippen LogP contribution < -0.4 is 0 Å². The van der Waals surface area contributed by atoms with E-state index in [9.17, 15) is 17.2 Å². The van der Waals surface area contributed by atoms with Gasteiger partial charge in [-0.15, -0.1) is 11.3 Å². The molecule has 0 fully saturated rings. The molecular formula is C10H4Cl2F2O2S2. The molecule has 0 aliphatic carbocycles. The summed E-state index contributed by atoms with van der Waals surface area (Å²) in [6, 6.07) is 3.95. The normalized spacial score (nSPS) is 11.8. The van der Waals surface area contributed by atoms with Crippen LogP contribution in [0.15, 0.2) is 28.5 Å². The molecule has 0 atom stereocenters. The van der Waals surface area contributed by atoms with Gasteiger partial charge >= 0.3 is 0 Å². The number of benzene rings is 1. The number of thiophene rings is 1. The van der Waals surface area contributed by atoms with Crippen molar-refractivity contribution in [3.05, 3.63) is 40.2 Å². The number of halogens is 4. The predicted molar refractivity (Wildman–Crippen MR) is 67.7 cm³/mol. The fourth-order valence-corrected chi connectivity index (χ4v) is 3.85. The van der Waals surface area contributed by atoms with Crippen LogP contribution in [0.25, 0.3) is 11.1 Å². The molecule has 1 aromatic heterocycles. The van der Waals surface area contributed by atoms with Crippen molar-refractivity contribution in [1.82, 2.24) is 0 Å². The van der Waals surface area contributed by atoms with Gasteiger partial charge in [0.25, 0.3) is 9.05 Å². The Bertz CT molecular complexity index is 711. The summed E-state index contributed by atoms with van der Waals surface area (Å²) >= 11 is 6.50. The average molecular weight is 329 g/mol. The first-order valence-electron chi connectivity index (χ1n) is 4.48. The van der Waals surface area contributed by atoms with Crippen molar-refractivity contribution >= 4 is 42.7 Å². The Morgan fingerprint density at radius 2 is 1.78 bits per heavy atom. The van der Waals surface area contributed by atoms with Crippen molar-refractivity contribution in [3.8, 4) is 11.1 Å². The van der Waals surface area contributed by atoms with Crippen LogP contribution in [0, 0.1) is 11.6 Å². The first-order chi connectivity index (χ1) is 8.29. The molecule has 0 bridgehead atoms. The lowest BCUT2D eigenvalue weighted by Gasteiger charge is -2.01. The molecule has 0 saturated heterocycles.